The van der Waals surface area contributed by atoms with E-state index in [0.717, 1.165) is 48.2 Å². The van der Waals surface area contributed by atoms with Gasteiger partial charge in [-0.2, -0.15) is 0 Å². The van der Waals surface area contributed by atoms with Gasteiger partial charge in [0.15, 0.2) is 0 Å². The highest BCUT2D eigenvalue weighted by molar-refractivity contribution is 6.38. The molecule has 2 aromatic carbocycles. The first-order chi connectivity index (χ1) is 21.0. The molecular weight excluding hydrogens is 674 g/mol. The molecule has 4 aromatic rings. The Kier molecular flexibility index (Phi) is 8.66. The number of nitrogens with zero attached hydrogens (tertiary/aromatic N) is 3. The first kappa shape index (κ1) is 35.9. The van der Waals surface area contributed by atoms with Gasteiger partial charge in [0.05, 0.1) is 25.8 Å². The summed E-state index contributed by atoms with van der Waals surface area (Å²) in [6.45, 7) is 13.7. The van der Waals surface area contributed by atoms with Crippen LogP contribution >= 0.6 is 46.4 Å². The van der Waals surface area contributed by atoms with Crippen molar-refractivity contribution in [2.75, 3.05) is 0 Å². The molecule has 0 aliphatic heterocycles. The lowest BCUT2D eigenvalue weighted by molar-refractivity contribution is 0.218. The number of aromatic nitrogens is 4. The zero-order chi connectivity index (χ0) is 32.6. The molecule has 2 heterocycles. The third kappa shape index (κ3) is 4.36. The average Bonchev–Trinajstić information content (AvgIpc) is 3.67. The second kappa shape index (κ2) is 11.3. The molecule has 8 rings (SSSR count). The summed E-state index contributed by atoms with van der Waals surface area (Å²) in [5.74, 6) is 0.613. The lowest BCUT2D eigenvalue weighted by Crippen LogP contribution is -2.35. The first-order valence-electron chi connectivity index (χ1n) is 15.6. The van der Waals surface area contributed by atoms with Gasteiger partial charge in [0.2, 0.25) is 0 Å². The van der Waals surface area contributed by atoms with Crippen LogP contribution in [0.5, 0.6) is 0 Å². The van der Waals surface area contributed by atoms with Gasteiger partial charge in [0, 0.05) is 34.7 Å². The van der Waals surface area contributed by atoms with Crippen molar-refractivity contribution < 1.29 is 0 Å². The normalized spacial score (nSPS) is 26.6. The molecule has 1 N–H and O–H groups in total. The lowest BCUT2D eigenvalue weighted by atomic mass is 9.70. The number of hydrogen-bond acceptors (Lipinski definition) is 2. The summed E-state index contributed by atoms with van der Waals surface area (Å²) in [6.07, 6.45) is 4.37. The van der Waals surface area contributed by atoms with Crippen LogP contribution < -0.4 is 11.1 Å². The lowest BCUT2D eigenvalue weighted by Gasteiger charge is -2.36. The van der Waals surface area contributed by atoms with Crippen LogP contribution in [0.3, 0.4) is 0 Å². The minimum absolute atomic E-state index is 0. The molecule has 4 bridgehead atoms. The van der Waals surface area contributed by atoms with Gasteiger partial charge in [-0.1, -0.05) is 115 Å². The van der Waals surface area contributed by atoms with Gasteiger partial charge < -0.3 is 0 Å². The van der Waals surface area contributed by atoms with E-state index in [1.165, 1.54) is 4.68 Å². The molecule has 6 nitrogen and oxygen atoms in total. The van der Waals surface area contributed by atoms with E-state index in [9.17, 15) is 9.59 Å². The molecule has 0 saturated heterocycles. The molecule has 4 aliphatic rings. The van der Waals surface area contributed by atoms with E-state index in [4.69, 9.17) is 46.4 Å². The quantitative estimate of drug-likeness (QED) is 0.224. The molecule has 2 fully saturated rings. The molecule has 2 aromatic heterocycles. The predicted octanol–water partition coefficient (Wildman–Crippen LogP) is 10.6. The number of fused-ring (bicyclic) bond motifs is 10. The zero-order valence-corrected chi connectivity index (χ0v) is 29.6. The summed E-state index contributed by atoms with van der Waals surface area (Å²) in [7, 11) is 1.95. The monoisotopic (exact) mass is 718 g/mol. The average molecular weight is 721 g/mol. The fourth-order valence-corrected chi connectivity index (χ4v) is 10.6. The number of aromatic amines is 1. The van der Waals surface area contributed by atoms with Gasteiger partial charge in [-0.25, -0.2) is 9.36 Å². The molecule has 254 valence electrons. The van der Waals surface area contributed by atoms with Gasteiger partial charge in [-0.3, -0.25) is 19.4 Å². The second-order valence-electron chi connectivity index (χ2n) is 14.9. The molecular formula is C37H46Cl4N4O2. The summed E-state index contributed by atoms with van der Waals surface area (Å²) >= 11 is 25.3. The van der Waals surface area contributed by atoms with Crippen molar-refractivity contribution >= 4 is 46.4 Å². The zero-order valence-electron chi connectivity index (χ0n) is 26.6. The summed E-state index contributed by atoms with van der Waals surface area (Å²) in [5, 5.41) is 5.27. The molecule has 2 saturated carbocycles. The van der Waals surface area contributed by atoms with E-state index in [1.807, 2.05) is 11.7 Å². The Morgan fingerprint density at radius 3 is 1.62 bits per heavy atom. The van der Waals surface area contributed by atoms with Gasteiger partial charge in [0.25, 0.3) is 11.1 Å². The van der Waals surface area contributed by atoms with Crippen molar-refractivity contribution in [3.8, 4) is 11.4 Å². The predicted molar refractivity (Wildman–Crippen MR) is 197 cm³/mol. The van der Waals surface area contributed by atoms with E-state index in [2.05, 4.69) is 46.6 Å². The summed E-state index contributed by atoms with van der Waals surface area (Å²) < 4.78 is 5.16. The van der Waals surface area contributed by atoms with Crippen molar-refractivity contribution in [1.29, 1.82) is 0 Å². The summed E-state index contributed by atoms with van der Waals surface area (Å²) in [6, 6.07) is 10.6. The van der Waals surface area contributed by atoms with Crippen LogP contribution in [0.15, 0.2) is 46.0 Å². The Labute approximate surface area is 297 Å². The number of benzene rings is 2. The van der Waals surface area contributed by atoms with E-state index < -0.39 is 0 Å². The van der Waals surface area contributed by atoms with E-state index in [0.29, 0.717) is 43.3 Å². The van der Waals surface area contributed by atoms with E-state index >= 15 is 0 Å². The number of hydrogen-bond donors (Lipinski definition) is 1. The molecule has 47 heavy (non-hydrogen) atoms. The molecule has 4 atom stereocenters. The Hall–Kier alpha value is -2.38. The minimum atomic E-state index is -0.00787. The van der Waals surface area contributed by atoms with Crippen LogP contribution in [0, 0.1) is 10.8 Å². The Morgan fingerprint density at radius 1 is 0.681 bits per heavy atom. The molecule has 0 spiro atoms. The van der Waals surface area contributed by atoms with Crippen molar-refractivity contribution in [2.45, 2.75) is 105 Å². The summed E-state index contributed by atoms with van der Waals surface area (Å²) in [5.41, 5.74) is 5.49. The van der Waals surface area contributed by atoms with Crippen LogP contribution in [0.25, 0.3) is 11.4 Å². The first-order valence-corrected chi connectivity index (χ1v) is 17.1. The van der Waals surface area contributed by atoms with Crippen molar-refractivity contribution in [2.24, 2.45) is 17.9 Å². The van der Waals surface area contributed by atoms with Crippen molar-refractivity contribution in [3.05, 3.63) is 99.7 Å². The van der Waals surface area contributed by atoms with Gasteiger partial charge in [0.1, 0.15) is 11.4 Å². The number of H-pyrrole nitrogens is 1. The van der Waals surface area contributed by atoms with Gasteiger partial charge >= 0.3 is 0 Å². The topological polar surface area (TPSA) is 64.7 Å². The smallest absolute Gasteiger partial charge is 0.275 e. The van der Waals surface area contributed by atoms with Crippen LogP contribution in [-0.4, -0.2) is 19.1 Å². The maximum absolute atomic E-state index is 13.2. The van der Waals surface area contributed by atoms with Crippen LogP contribution in [0.4, 0.5) is 0 Å². The van der Waals surface area contributed by atoms with E-state index in [1.54, 1.807) is 41.1 Å². The number of rotatable bonds is 2. The van der Waals surface area contributed by atoms with E-state index in [-0.39, 0.29) is 47.6 Å². The Morgan fingerprint density at radius 2 is 1.13 bits per heavy atom. The van der Waals surface area contributed by atoms with Crippen LogP contribution in [0.2, 0.25) is 20.1 Å². The van der Waals surface area contributed by atoms with Gasteiger partial charge in [-0.15, -0.1) is 0 Å². The fraction of sp³-hybridized carbons (Fsp3) is 0.514. The van der Waals surface area contributed by atoms with Crippen LogP contribution in [0.1, 0.15) is 116 Å². The SMILES string of the molecule is C.C.CC1(C)[C@@H]2CC[C@@]1(C)c1[nH]n(-c3c(Cl)cccc3Cl)c(=O)c12.Cn1c2c(c(=O)n1-c1c(Cl)cccc1Cl)[C@H]1CC[C@]2(C)C1(C)C. The highest BCUT2D eigenvalue weighted by atomic mass is 35.5. The van der Waals surface area contributed by atoms with Crippen molar-refractivity contribution in [1.82, 2.24) is 19.1 Å². The number of para-hydroxylation sites is 2. The molecule has 10 heteroatoms. The second-order valence-corrected chi connectivity index (χ2v) is 16.5. The maximum Gasteiger partial charge on any atom is 0.275 e. The Balaban J connectivity index is 0.000000177. The standard InChI is InChI=1S/C18H20Cl2N2O.C17H18Cl2N2O.2CH4/c1-17(2)10-8-9-18(17,3)15-13(10)16(23)22(21(15)4)14-11(19)6-5-7-12(14)20;1-16(2)9-7-8-17(16,3)14-12(9)15(22)21(20-14)13-10(18)5-4-6-11(13)19;;/h5-7,10H,8-9H2,1-4H3;4-6,9,20H,7-8H2,1-3H3;2*1H4/t10-,18+;9-,17+;;/m11../s1. The third-order valence-electron chi connectivity index (χ3n) is 12.8. The third-order valence-corrected chi connectivity index (χ3v) is 14.0. The summed E-state index contributed by atoms with van der Waals surface area (Å²) in [4.78, 5) is 26.2. The van der Waals surface area contributed by atoms with Crippen molar-refractivity contribution in [3.63, 3.8) is 0 Å². The van der Waals surface area contributed by atoms with Crippen LogP contribution in [-0.2, 0) is 17.9 Å². The maximum atomic E-state index is 13.2. The largest absolute Gasteiger partial charge is 0.294 e. The Bertz CT molecular complexity index is 1990. The molecule has 0 amide bonds. The number of halogens is 4. The highest BCUT2D eigenvalue weighted by Crippen LogP contribution is 2.68. The minimum Gasteiger partial charge on any atom is -0.294 e. The molecule has 0 unspecified atom stereocenters. The highest BCUT2D eigenvalue weighted by Gasteiger charge is 2.63. The molecule has 4 aliphatic carbocycles. The molecule has 0 radical (unpaired) electrons. The van der Waals surface area contributed by atoms with Gasteiger partial charge in [-0.05, 0) is 72.6 Å². The number of nitrogens with one attached hydrogen (secondary N) is 1. The fourth-order valence-electron chi connectivity index (χ4n) is 9.47.